The molecular formula is C11H15BrO. The van der Waals surface area contributed by atoms with Crippen molar-refractivity contribution in [2.45, 2.75) is 24.6 Å². The van der Waals surface area contributed by atoms with E-state index in [1.807, 2.05) is 12.1 Å². The van der Waals surface area contributed by atoms with E-state index in [-0.39, 0.29) is 4.32 Å². The second-order valence-corrected chi connectivity index (χ2v) is 5.89. The van der Waals surface area contributed by atoms with Gasteiger partial charge in [0, 0.05) is 4.32 Å². The van der Waals surface area contributed by atoms with Gasteiger partial charge in [-0.3, -0.25) is 0 Å². The Hall–Kier alpha value is -0.500. The van der Waals surface area contributed by atoms with Crippen molar-refractivity contribution in [2.24, 2.45) is 0 Å². The van der Waals surface area contributed by atoms with Crippen LogP contribution in [0.1, 0.15) is 19.4 Å². The van der Waals surface area contributed by atoms with E-state index in [2.05, 4.69) is 41.9 Å². The number of alkyl halides is 1. The molecule has 0 N–H and O–H groups in total. The van der Waals surface area contributed by atoms with E-state index in [9.17, 15) is 0 Å². The van der Waals surface area contributed by atoms with Gasteiger partial charge in [-0.05, 0) is 38.0 Å². The van der Waals surface area contributed by atoms with Crippen molar-refractivity contribution in [3.05, 3.63) is 29.8 Å². The summed E-state index contributed by atoms with van der Waals surface area (Å²) in [5.41, 5.74) is 1.32. The highest BCUT2D eigenvalue weighted by Crippen LogP contribution is 2.23. The number of benzene rings is 1. The maximum atomic E-state index is 5.09. The van der Waals surface area contributed by atoms with Gasteiger partial charge in [-0.15, -0.1) is 0 Å². The normalized spacial score (nSPS) is 11.4. The number of methoxy groups -OCH3 is 1. The molecule has 0 heterocycles. The number of rotatable bonds is 3. The van der Waals surface area contributed by atoms with E-state index in [0.717, 1.165) is 12.2 Å². The molecule has 0 spiro atoms. The molecule has 0 radical (unpaired) electrons. The van der Waals surface area contributed by atoms with Gasteiger partial charge in [0.25, 0.3) is 0 Å². The summed E-state index contributed by atoms with van der Waals surface area (Å²) in [5, 5.41) is 0. The molecule has 2 heteroatoms. The molecule has 0 amide bonds. The fourth-order valence-electron chi connectivity index (χ4n) is 1.23. The molecule has 0 aliphatic rings. The minimum atomic E-state index is 0.168. The summed E-state index contributed by atoms with van der Waals surface area (Å²) in [4.78, 5) is 0. The SMILES string of the molecule is COc1ccc(CC(C)(C)Br)cc1. The Morgan fingerprint density at radius 1 is 1.23 bits per heavy atom. The van der Waals surface area contributed by atoms with Crippen molar-refractivity contribution in [2.75, 3.05) is 7.11 Å². The number of hydrogen-bond acceptors (Lipinski definition) is 1. The Labute approximate surface area is 88.2 Å². The van der Waals surface area contributed by atoms with Gasteiger partial charge in [0.15, 0.2) is 0 Å². The van der Waals surface area contributed by atoms with E-state index in [4.69, 9.17) is 4.74 Å². The predicted octanol–water partition coefficient (Wildman–Crippen LogP) is 3.41. The van der Waals surface area contributed by atoms with Gasteiger partial charge in [0.2, 0.25) is 0 Å². The van der Waals surface area contributed by atoms with Gasteiger partial charge < -0.3 is 4.74 Å². The summed E-state index contributed by atoms with van der Waals surface area (Å²) >= 11 is 3.62. The van der Waals surface area contributed by atoms with Crippen LogP contribution in [0, 0.1) is 0 Å². The smallest absolute Gasteiger partial charge is 0.118 e. The third-order valence-corrected chi connectivity index (χ3v) is 2.06. The topological polar surface area (TPSA) is 9.23 Å². The van der Waals surface area contributed by atoms with Crippen LogP contribution in [0.25, 0.3) is 0 Å². The molecule has 1 aromatic carbocycles. The second kappa shape index (κ2) is 4.14. The van der Waals surface area contributed by atoms with Crippen molar-refractivity contribution in [3.63, 3.8) is 0 Å². The molecule has 13 heavy (non-hydrogen) atoms. The first-order valence-electron chi connectivity index (χ1n) is 4.33. The number of ether oxygens (including phenoxy) is 1. The second-order valence-electron chi connectivity index (χ2n) is 3.74. The maximum absolute atomic E-state index is 5.09. The number of hydrogen-bond donors (Lipinski definition) is 0. The van der Waals surface area contributed by atoms with Gasteiger partial charge in [-0.1, -0.05) is 28.1 Å². The first kappa shape index (κ1) is 10.6. The molecular weight excluding hydrogens is 228 g/mol. The van der Waals surface area contributed by atoms with Crippen LogP contribution >= 0.6 is 15.9 Å². The largest absolute Gasteiger partial charge is 0.497 e. The highest BCUT2D eigenvalue weighted by molar-refractivity contribution is 9.10. The number of halogens is 1. The first-order chi connectivity index (χ1) is 6.01. The molecule has 0 saturated heterocycles. The van der Waals surface area contributed by atoms with Crippen molar-refractivity contribution in [3.8, 4) is 5.75 Å². The zero-order valence-corrected chi connectivity index (χ0v) is 9.89. The third kappa shape index (κ3) is 3.81. The first-order valence-corrected chi connectivity index (χ1v) is 5.12. The molecule has 0 atom stereocenters. The lowest BCUT2D eigenvalue weighted by Gasteiger charge is -2.15. The minimum Gasteiger partial charge on any atom is -0.497 e. The predicted molar refractivity (Wildman–Crippen MR) is 59.7 cm³/mol. The zero-order chi connectivity index (χ0) is 9.90. The van der Waals surface area contributed by atoms with Crippen LogP contribution in [0.5, 0.6) is 5.75 Å². The summed E-state index contributed by atoms with van der Waals surface area (Å²) in [6.07, 6.45) is 1.02. The van der Waals surface area contributed by atoms with Gasteiger partial charge in [-0.25, -0.2) is 0 Å². The van der Waals surface area contributed by atoms with Crippen LogP contribution in [-0.2, 0) is 6.42 Å². The lowest BCUT2D eigenvalue weighted by atomic mass is 10.0. The molecule has 0 fully saturated rings. The highest BCUT2D eigenvalue weighted by atomic mass is 79.9. The Kier molecular flexibility index (Phi) is 3.37. The molecule has 1 aromatic rings. The van der Waals surface area contributed by atoms with E-state index in [0.29, 0.717) is 0 Å². The maximum Gasteiger partial charge on any atom is 0.118 e. The highest BCUT2D eigenvalue weighted by Gasteiger charge is 2.12. The molecule has 0 aliphatic carbocycles. The quantitative estimate of drug-likeness (QED) is 0.739. The molecule has 0 aromatic heterocycles. The lowest BCUT2D eigenvalue weighted by Crippen LogP contribution is -2.12. The Morgan fingerprint density at radius 3 is 2.15 bits per heavy atom. The molecule has 0 saturated carbocycles. The van der Waals surface area contributed by atoms with Crippen LogP contribution in [0.3, 0.4) is 0 Å². The van der Waals surface area contributed by atoms with Crippen LogP contribution in [0.2, 0.25) is 0 Å². The van der Waals surface area contributed by atoms with Gasteiger partial charge >= 0.3 is 0 Å². The third-order valence-electron chi connectivity index (χ3n) is 1.78. The summed E-state index contributed by atoms with van der Waals surface area (Å²) in [5.74, 6) is 0.913. The lowest BCUT2D eigenvalue weighted by molar-refractivity contribution is 0.414. The van der Waals surface area contributed by atoms with E-state index >= 15 is 0 Å². The van der Waals surface area contributed by atoms with Crippen LogP contribution < -0.4 is 4.74 Å². The fourth-order valence-corrected chi connectivity index (χ4v) is 1.55. The van der Waals surface area contributed by atoms with Crippen molar-refractivity contribution < 1.29 is 4.74 Å². The summed E-state index contributed by atoms with van der Waals surface area (Å²) in [6, 6.07) is 8.19. The molecule has 72 valence electrons. The Balaban J connectivity index is 2.70. The van der Waals surface area contributed by atoms with Gasteiger partial charge in [0.1, 0.15) is 5.75 Å². The Morgan fingerprint density at radius 2 is 1.77 bits per heavy atom. The standard InChI is InChI=1S/C11H15BrO/c1-11(2,12)8-9-4-6-10(13-3)7-5-9/h4-7H,8H2,1-3H3. The summed E-state index contributed by atoms with van der Waals surface area (Å²) in [6.45, 7) is 4.33. The average molecular weight is 243 g/mol. The molecule has 0 unspecified atom stereocenters. The summed E-state index contributed by atoms with van der Waals surface area (Å²) in [7, 11) is 1.68. The molecule has 0 bridgehead atoms. The molecule has 1 nitrogen and oxygen atoms in total. The average Bonchev–Trinajstić information content (AvgIpc) is 2.03. The molecule has 1 rings (SSSR count). The molecule has 0 aliphatic heterocycles. The monoisotopic (exact) mass is 242 g/mol. The van der Waals surface area contributed by atoms with Crippen LogP contribution in [0.15, 0.2) is 24.3 Å². The van der Waals surface area contributed by atoms with Crippen molar-refractivity contribution in [1.29, 1.82) is 0 Å². The summed E-state index contributed by atoms with van der Waals surface area (Å²) < 4.78 is 5.26. The minimum absolute atomic E-state index is 0.168. The van der Waals surface area contributed by atoms with Crippen LogP contribution in [0.4, 0.5) is 0 Å². The van der Waals surface area contributed by atoms with E-state index in [1.165, 1.54) is 5.56 Å². The van der Waals surface area contributed by atoms with E-state index in [1.54, 1.807) is 7.11 Å². The fraction of sp³-hybridized carbons (Fsp3) is 0.455. The van der Waals surface area contributed by atoms with Gasteiger partial charge in [0.05, 0.1) is 7.11 Å². The van der Waals surface area contributed by atoms with Gasteiger partial charge in [-0.2, -0.15) is 0 Å². The van der Waals surface area contributed by atoms with Crippen molar-refractivity contribution >= 4 is 15.9 Å². The van der Waals surface area contributed by atoms with E-state index < -0.39 is 0 Å². The zero-order valence-electron chi connectivity index (χ0n) is 8.30. The van der Waals surface area contributed by atoms with Crippen LogP contribution in [-0.4, -0.2) is 11.4 Å². The Bertz CT molecular complexity index is 258. The van der Waals surface area contributed by atoms with Crippen molar-refractivity contribution in [1.82, 2.24) is 0 Å².